The molecule has 6 heterocycles. The molecule has 8 rings (SSSR count). The van der Waals surface area contributed by atoms with E-state index in [1.165, 1.54) is 4.90 Å². The van der Waals surface area contributed by atoms with Crippen LogP contribution in [0.3, 0.4) is 0 Å². The number of amides is 4. The van der Waals surface area contributed by atoms with Crippen molar-refractivity contribution in [2.24, 2.45) is 16.3 Å². The minimum atomic E-state index is -1.07. The van der Waals surface area contributed by atoms with Crippen molar-refractivity contribution in [2.75, 3.05) is 26.2 Å². The number of hydrogen-bond acceptors (Lipinski definition) is 14. The summed E-state index contributed by atoms with van der Waals surface area (Å²) >= 11 is 9.46. The number of aryl methyl sites for hydroxylation is 3. The average molecular weight is 996 g/mol. The number of benzene rings is 2. The Morgan fingerprint density at radius 3 is 2.39 bits per heavy atom. The minimum absolute atomic E-state index is 0.00838. The number of fused-ring (bicyclic) bond motifs is 3. The highest BCUT2D eigenvalue weighted by Gasteiger charge is 2.43. The third-order valence-corrected chi connectivity index (χ3v) is 14.7. The maximum absolute atomic E-state index is 13.9. The van der Waals surface area contributed by atoms with Gasteiger partial charge in [-0.05, 0) is 61.9 Å². The van der Waals surface area contributed by atoms with E-state index in [0.29, 0.717) is 28.9 Å². The van der Waals surface area contributed by atoms with Gasteiger partial charge in [-0.1, -0.05) is 74.0 Å². The summed E-state index contributed by atoms with van der Waals surface area (Å²) in [5.41, 5.74) is 8.21. The lowest BCUT2D eigenvalue weighted by atomic mass is 9.85. The summed E-state index contributed by atoms with van der Waals surface area (Å²) in [6, 6.07) is 13.8. The number of aliphatic imine (C=N–C) groups is 1. The molecule has 4 amide bonds. The molecule has 4 N–H and O–H groups in total. The molecule has 362 valence electrons. The molecule has 4 aromatic heterocycles. The Hall–Kier alpha value is -6.19. The van der Waals surface area contributed by atoms with Crippen LogP contribution in [0.25, 0.3) is 15.4 Å². The summed E-state index contributed by atoms with van der Waals surface area (Å²) in [5, 5.41) is 38.3. The summed E-state index contributed by atoms with van der Waals surface area (Å²) in [6.07, 6.45) is 0.633. The molecule has 1 saturated heterocycles. The number of aliphatic hydroxyl groups is 1. The predicted molar refractivity (Wildman–Crippen MR) is 262 cm³/mol. The van der Waals surface area contributed by atoms with E-state index in [-0.39, 0.29) is 57.6 Å². The van der Waals surface area contributed by atoms with Crippen LogP contribution in [-0.2, 0) is 43.6 Å². The van der Waals surface area contributed by atoms with Crippen molar-refractivity contribution < 1.29 is 29.0 Å². The molecule has 18 nitrogen and oxygen atoms in total. The fraction of sp³-hybridized carbons (Fsp3) is 0.417. The molecule has 4 atom stereocenters. The van der Waals surface area contributed by atoms with Crippen molar-refractivity contribution in [3.05, 3.63) is 115 Å². The molecular weight excluding hydrogens is 940 g/mol. The lowest BCUT2D eigenvalue weighted by molar-refractivity contribution is -0.140. The van der Waals surface area contributed by atoms with Gasteiger partial charge in [0.2, 0.25) is 23.6 Å². The Labute approximate surface area is 412 Å². The normalized spacial score (nSPS) is 17.1. The Bertz CT molecular complexity index is 2880. The van der Waals surface area contributed by atoms with E-state index < -0.39 is 41.3 Å². The minimum Gasteiger partial charge on any atom is -0.390 e. The summed E-state index contributed by atoms with van der Waals surface area (Å²) in [7, 11) is 0. The topological polar surface area (TPSA) is 224 Å². The second kappa shape index (κ2) is 20.8. The lowest BCUT2D eigenvalue weighted by Crippen LogP contribution is -2.55. The van der Waals surface area contributed by atoms with E-state index in [0.717, 1.165) is 54.0 Å². The van der Waals surface area contributed by atoms with Crippen LogP contribution < -0.4 is 16.0 Å². The highest BCUT2D eigenvalue weighted by molar-refractivity contribution is 7.15. The van der Waals surface area contributed by atoms with E-state index in [2.05, 4.69) is 55.3 Å². The third-order valence-electron chi connectivity index (χ3n) is 12.3. The number of hydrogen-bond donors (Lipinski definition) is 4. The lowest BCUT2D eigenvalue weighted by Gasteiger charge is -2.33. The molecule has 0 spiro atoms. The number of carbonyl (C=O) groups is 4. The standard InChI is InChI=1S/C48H55ClN12O6S2/c1-26-28(3)69-47-40(26)41(31-12-14-33(49)15-13-31)53-36(44-57-55-29(4)61(44)47)18-38(63)50-16-17-60-20-34(56-58-60)23-67-24-39(64)54-43(48(5,6)7)46(66)59-21-35(37(62)22-59)45(65)51-19-30-8-10-32(11-9-30)42-27(2)52-25-68-42/h8-15,20,25,35-37,43,62H,16-19,21-24H2,1-7H3,(H,50,63)(H,51,65)(H,54,64)/t35-,36-,37-,43+/m0/s1. The second-order valence-electron chi connectivity index (χ2n) is 18.4. The van der Waals surface area contributed by atoms with Gasteiger partial charge in [-0.25, -0.2) is 4.98 Å². The Morgan fingerprint density at radius 2 is 1.68 bits per heavy atom. The van der Waals surface area contributed by atoms with Gasteiger partial charge in [-0.3, -0.25) is 33.4 Å². The molecule has 2 aromatic carbocycles. The molecule has 2 aliphatic rings. The van der Waals surface area contributed by atoms with Crippen LogP contribution in [-0.4, -0.2) is 112 Å². The molecule has 0 saturated carbocycles. The maximum atomic E-state index is 13.9. The van der Waals surface area contributed by atoms with Gasteiger partial charge in [0.05, 0.1) is 59.6 Å². The van der Waals surface area contributed by atoms with Gasteiger partial charge in [0.1, 0.15) is 35.2 Å². The zero-order valence-electron chi connectivity index (χ0n) is 39.4. The number of carbonyl (C=O) groups excluding carboxylic acids is 4. The highest BCUT2D eigenvalue weighted by atomic mass is 35.5. The largest absolute Gasteiger partial charge is 0.390 e. The first-order valence-corrected chi connectivity index (χ1v) is 24.7. The Balaban J connectivity index is 0.795. The van der Waals surface area contributed by atoms with Gasteiger partial charge in [-0.2, -0.15) is 0 Å². The number of nitrogens with one attached hydrogen (secondary N) is 3. The Kier molecular flexibility index (Phi) is 14.8. The summed E-state index contributed by atoms with van der Waals surface area (Å²) < 4.78 is 9.24. The number of nitrogens with zero attached hydrogens (tertiary/aromatic N) is 9. The fourth-order valence-corrected chi connectivity index (χ4v) is 10.5. The molecular formula is C48H55ClN12O6S2. The van der Waals surface area contributed by atoms with Crippen molar-refractivity contribution in [1.82, 2.24) is 55.6 Å². The number of β-amino-alcohol motifs (C(OH)–C–C–N with tert-alkyl or cyclic N) is 1. The maximum Gasteiger partial charge on any atom is 0.246 e. The zero-order chi connectivity index (χ0) is 49.1. The number of rotatable bonds is 16. The van der Waals surface area contributed by atoms with Gasteiger partial charge in [0.25, 0.3) is 0 Å². The molecule has 0 bridgehead atoms. The van der Waals surface area contributed by atoms with Crippen LogP contribution in [0.15, 0.2) is 65.2 Å². The number of ether oxygens (including phenoxy) is 1. The smallest absolute Gasteiger partial charge is 0.246 e. The third kappa shape index (κ3) is 11.2. The van der Waals surface area contributed by atoms with E-state index in [4.69, 9.17) is 21.3 Å². The van der Waals surface area contributed by atoms with Crippen molar-refractivity contribution in [2.45, 2.75) is 92.8 Å². The monoisotopic (exact) mass is 994 g/mol. The number of thiophene rings is 1. The van der Waals surface area contributed by atoms with Crippen molar-refractivity contribution in [1.29, 1.82) is 0 Å². The number of aromatic nitrogens is 7. The van der Waals surface area contributed by atoms with Crippen molar-refractivity contribution >= 4 is 63.6 Å². The molecule has 0 aliphatic carbocycles. The van der Waals surface area contributed by atoms with Gasteiger partial charge >= 0.3 is 0 Å². The molecule has 1 fully saturated rings. The molecule has 69 heavy (non-hydrogen) atoms. The van der Waals surface area contributed by atoms with Crippen LogP contribution in [0.1, 0.15) is 83.4 Å². The summed E-state index contributed by atoms with van der Waals surface area (Å²) in [5.74, 6) is -1.05. The number of likely N-dealkylation sites (tertiary alicyclic amines) is 1. The molecule has 0 radical (unpaired) electrons. The van der Waals surface area contributed by atoms with Crippen molar-refractivity contribution in [3.8, 4) is 15.4 Å². The molecule has 2 aliphatic heterocycles. The van der Waals surface area contributed by atoms with Gasteiger partial charge in [-0.15, -0.1) is 38.0 Å². The molecule has 21 heteroatoms. The quantitative estimate of drug-likeness (QED) is 0.0985. The van der Waals surface area contributed by atoms with E-state index in [1.54, 1.807) is 33.6 Å². The summed E-state index contributed by atoms with van der Waals surface area (Å²) in [4.78, 5) is 66.9. The highest BCUT2D eigenvalue weighted by Crippen LogP contribution is 2.40. The summed E-state index contributed by atoms with van der Waals surface area (Å²) in [6.45, 7) is 13.9. The van der Waals surface area contributed by atoms with Crippen LogP contribution in [0, 0.1) is 39.0 Å². The molecule has 6 aromatic rings. The number of thiazole rings is 1. The Morgan fingerprint density at radius 1 is 0.942 bits per heavy atom. The first-order chi connectivity index (χ1) is 32.9. The molecule has 0 unspecified atom stereocenters. The fourth-order valence-electron chi connectivity index (χ4n) is 8.38. The van der Waals surface area contributed by atoms with Gasteiger partial charge in [0, 0.05) is 47.2 Å². The van der Waals surface area contributed by atoms with E-state index in [9.17, 15) is 24.3 Å². The second-order valence-corrected chi connectivity index (χ2v) is 20.9. The zero-order valence-corrected chi connectivity index (χ0v) is 41.8. The van der Waals surface area contributed by atoms with Crippen LogP contribution >= 0.6 is 34.3 Å². The first kappa shape index (κ1) is 49.2. The van der Waals surface area contributed by atoms with Crippen LogP contribution in [0.5, 0.6) is 0 Å². The van der Waals surface area contributed by atoms with Crippen LogP contribution in [0.2, 0.25) is 5.02 Å². The van der Waals surface area contributed by atoms with Crippen LogP contribution in [0.4, 0.5) is 0 Å². The van der Waals surface area contributed by atoms with E-state index >= 15 is 0 Å². The van der Waals surface area contributed by atoms with Gasteiger partial charge < -0.3 is 30.7 Å². The SMILES string of the molecule is Cc1ncsc1-c1ccc(CNC(=O)[C@H]2CN(C(=O)[C@@H](NC(=O)COCc3cn(CCNC(=O)C[C@@H]4N=C(c5ccc(Cl)cc5)c5c(sc(C)c5C)-n5c(C)nnc54)nn3)C(C)(C)C)C[C@@H]2O)cc1. The van der Waals surface area contributed by atoms with Gasteiger partial charge in [0.15, 0.2) is 5.82 Å². The predicted octanol–water partition coefficient (Wildman–Crippen LogP) is 5.21. The number of aliphatic hydroxyl groups excluding tert-OH is 1. The number of halogens is 1. The van der Waals surface area contributed by atoms with E-state index in [1.807, 2.05) is 93.2 Å². The average Bonchev–Trinajstić information content (AvgIpc) is 4.15. The first-order valence-electron chi connectivity index (χ1n) is 22.6. The van der Waals surface area contributed by atoms with Crippen molar-refractivity contribution in [3.63, 3.8) is 0 Å².